The normalized spacial score (nSPS) is 20.5. The maximum Gasteiger partial charge on any atom is 0.191 e. The number of aromatic nitrogens is 1. The average Bonchev–Trinajstić information content (AvgIpc) is 3.10. The third kappa shape index (κ3) is 5.60. The molecule has 27 heavy (non-hydrogen) atoms. The number of nitrogens with one attached hydrogen (secondary N) is 2. The molecule has 2 unspecified atom stereocenters. The van der Waals surface area contributed by atoms with Gasteiger partial charge in [-0.05, 0) is 43.9 Å². The second-order valence-electron chi connectivity index (χ2n) is 7.37. The van der Waals surface area contributed by atoms with E-state index in [9.17, 15) is 0 Å². The Labute approximate surface area is 162 Å². The van der Waals surface area contributed by atoms with E-state index in [2.05, 4.69) is 71.8 Å². The van der Waals surface area contributed by atoms with Crippen molar-refractivity contribution < 1.29 is 4.74 Å². The quantitative estimate of drug-likeness (QED) is 0.605. The first-order valence-corrected chi connectivity index (χ1v) is 9.97. The highest BCUT2D eigenvalue weighted by Gasteiger charge is 2.27. The van der Waals surface area contributed by atoms with Crippen molar-refractivity contribution in [1.82, 2.24) is 15.2 Å². The lowest BCUT2D eigenvalue weighted by Gasteiger charge is -2.32. The Morgan fingerprint density at radius 3 is 2.74 bits per heavy atom. The summed E-state index contributed by atoms with van der Waals surface area (Å²) in [5.74, 6) is 1.32. The van der Waals surface area contributed by atoms with E-state index in [4.69, 9.17) is 9.73 Å². The summed E-state index contributed by atoms with van der Waals surface area (Å²) in [5, 5.41) is 6.88. The number of guanidine groups is 1. The first-order valence-electron chi connectivity index (χ1n) is 9.97. The summed E-state index contributed by atoms with van der Waals surface area (Å²) >= 11 is 0. The van der Waals surface area contributed by atoms with Crippen LogP contribution in [0.4, 0.5) is 0 Å². The highest BCUT2D eigenvalue weighted by molar-refractivity contribution is 5.79. The van der Waals surface area contributed by atoms with Crippen LogP contribution in [0.3, 0.4) is 0 Å². The van der Waals surface area contributed by atoms with Crippen LogP contribution >= 0.6 is 0 Å². The molecule has 1 aromatic heterocycles. The van der Waals surface area contributed by atoms with E-state index in [1.165, 1.54) is 23.1 Å². The van der Waals surface area contributed by atoms with E-state index < -0.39 is 0 Å². The fourth-order valence-electron chi connectivity index (χ4n) is 3.57. The zero-order valence-electron chi connectivity index (χ0n) is 16.7. The number of aliphatic imine (C=N–C) groups is 1. The minimum Gasteiger partial charge on any atom is -0.373 e. The summed E-state index contributed by atoms with van der Waals surface area (Å²) < 4.78 is 8.19. The van der Waals surface area contributed by atoms with E-state index >= 15 is 0 Å². The lowest BCUT2D eigenvalue weighted by Crippen LogP contribution is -2.42. The Morgan fingerprint density at radius 1 is 1.22 bits per heavy atom. The molecule has 0 aliphatic carbocycles. The fourth-order valence-corrected chi connectivity index (χ4v) is 3.57. The van der Waals surface area contributed by atoms with Crippen LogP contribution in [0.25, 0.3) is 0 Å². The maximum absolute atomic E-state index is 6.14. The third-order valence-electron chi connectivity index (χ3n) is 5.04. The minimum atomic E-state index is 0.156. The molecule has 1 aliphatic heterocycles. The second-order valence-corrected chi connectivity index (χ2v) is 7.37. The Kier molecular flexibility index (Phi) is 6.93. The molecule has 1 aliphatic rings. The number of aryl methyl sites for hydroxylation is 2. The van der Waals surface area contributed by atoms with E-state index in [0.717, 1.165) is 32.1 Å². The van der Waals surface area contributed by atoms with Gasteiger partial charge in [-0.1, -0.05) is 29.8 Å². The van der Waals surface area contributed by atoms with Crippen molar-refractivity contribution in [1.29, 1.82) is 0 Å². The van der Waals surface area contributed by atoms with Crippen molar-refractivity contribution >= 4 is 5.96 Å². The van der Waals surface area contributed by atoms with Crippen LogP contribution in [-0.2, 0) is 18.3 Å². The van der Waals surface area contributed by atoms with Gasteiger partial charge >= 0.3 is 0 Å². The number of ether oxygens (including phenoxy) is 1. The van der Waals surface area contributed by atoms with Gasteiger partial charge in [0, 0.05) is 45.1 Å². The third-order valence-corrected chi connectivity index (χ3v) is 5.04. The summed E-state index contributed by atoms with van der Waals surface area (Å²) in [7, 11) is 2.03. The van der Waals surface area contributed by atoms with Crippen molar-refractivity contribution in [2.24, 2.45) is 18.0 Å². The predicted molar refractivity (Wildman–Crippen MR) is 111 cm³/mol. The molecular weight excluding hydrogens is 336 g/mol. The zero-order chi connectivity index (χ0) is 19.1. The van der Waals surface area contributed by atoms with Gasteiger partial charge < -0.3 is 19.9 Å². The SMILES string of the molecule is CCNC(=NCc1ccn(C)c1)NCC1CCCOC1c1ccc(C)cc1. The Balaban J connectivity index is 1.62. The summed E-state index contributed by atoms with van der Waals surface area (Å²) in [5.41, 5.74) is 3.78. The molecule has 2 aromatic rings. The molecule has 2 N–H and O–H groups in total. The van der Waals surface area contributed by atoms with Crippen molar-refractivity contribution in [2.45, 2.75) is 39.3 Å². The molecule has 0 bridgehead atoms. The van der Waals surface area contributed by atoms with Crippen molar-refractivity contribution in [3.05, 3.63) is 59.4 Å². The molecular formula is C22H32N4O. The standard InChI is InChI=1S/C22H32N4O/c1-4-23-22(24-14-18-11-12-26(3)16-18)25-15-20-6-5-13-27-21(20)19-9-7-17(2)8-10-19/h7-12,16,20-21H,4-6,13-15H2,1-3H3,(H2,23,24,25). The molecule has 5 heteroatoms. The summed E-state index contributed by atoms with van der Waals surface area (Å²) in [4.78, 5) is 4.73. The van der Waals surface area contributed by atoms with Crippen LogP contribution < -0.4 is 10.6 Å². The van der Waals surface area contributed by atoms with Crippen molar-refractivity contribution in [3.63, 3.8) is 0 Å². The largest absolute Gasteiger partial charge is 0.373 e. The van der Waals surface area contributed by atoms with Crippen LogP contribution in [0.1, 0.15) is 42.6 Å². The highest BCUT2D eigenvalue weighted by Crippen LogP contribution is 2.33. The predicted octanol–water partition coefficient (Wildman–Crippen LogP) is 3.56. The summed E-state index contributed by atoms with van der Waals surface area (Å²) in [6, 6.07) is 10.8. The molecule has 5 nitrogen and oxygen atoms in total. The first kappa shape index (κ1) is 19.5. The second kappa shape index (κ2) is 9.60. The van der Waals surface area contributed by atoms with Gasteiger partial charge in [-0.25, -0.2) is 4.99 Å². The Morgan fingerprint density at radius 2 is 2.04 bits per heavy atom. The van der Waals surface area contributed by atoms with Gasteiger partial charge in [-0.2, -0.15) is 0 Å². The highest BCUT2D eigenvalue weighted by atomic mass is 16.5. The van der Waals surface area contributed by atoms with E-state index in [0.29, 0.717) is 12.5 Å². The number of benzene rings is 1. The molecule has 0 radical (unpaired) electrons. The van der Waals surface area contributed by atoms with Gasteiger partial charge in [-0.3, -0.25) is 0 Å². The number of rotatable bonds is 6. The topological polar surface area (TPSA) is 50.6 Å². The van der Waals surface area contributed by atoms with Gasteiger partial charge in [0.25, 0.3) is 0 Å². The molecule has 2 atom stereocenters. The zero-order valence-corrected chi connectivity index (χ0v) is 16.7. The first-order chi connectivity index (χ1) is 13.2. The molecule has 0 saturated carbocycles. The summed E-state index contributed by atoms with van der Waals surface area (Å²) in [6.07, 6.45) is 6.60. The van der Waals surface area contributed by atoms with Crippen molar-refractivity contribution in [2.75, 3.05) is 19.7 Å². The fraction of sp³-hybridized carbons (Fsp3) is 0.500. The van der Waals surface area contributed by atoms with Crippen LogP contribution in [0.2, 0.25) is 0 Å². The number of nitrogens with zero attached hydrogens (tertiary/aromatic N) is 2. The lowest BCUT2D eigenvalue weighted by atomic mass is 9.89. The van der Waals surface area contributed by atoms with Crippen molar-refractivity contribution in [3.8, 4) is 0 Å². The molecule has 1 fully saturated rings. The Bertz CT molecular complexity index is 735. The van der Waals surface area contributed by atoms with E-state index in [1.807, 2.05) is 7.05 Å². The van der Waals surface area contributed by atoms with Crippen LogP contribution in [0.5, 0.6) is 0 Å². The van der Waals surface area contributed by atoms with Crippen LogP contribution in [0, 0.1) is 12.8 Å². The molecule has 0 spiro atoms. The van der Waals surface area contributed by atoms with E-state index in [1.54, 1.807) is 0 Å². The molecule has 146 valence electrons. The summed E-state index contributed by atoms with van der Waals surface area (Å²) in [6.45, 7) is 7.45. The Hall–Kier alpha value is -2.27. The maximum atomic E-state index is 6.14. The molecule has 1 saturated heterocycles. The lowest BCUT2D eigenvalue weighted by molar-refractivity contribution is -0.0265. The van der Waals surface area contributed by atoms with E-state index in [-0.39, 0.29) is 6.10 Å². The van der Waals surface area contributed by atoms with Gasteiger partial charge in [0.15, 0.2) is 5.96 Å². The molecule has 0 amide bonds. The van der Waals surface area contributed by atoms with Crippen LogP contribution in [-0.4, -0.2) is 30.2 Å². The number of hydrogen-bond donors (Lipinski definition) is 2. The van der Waals surface area contributed by atoms with Crippen LogP contribution in [0.15, 0.2) is 47.7 Å². The monoisotopic (exact) mass is 368 g/mol. The molecule has 3 rings (SSSR count). The molecule has 2 heterocycles. The van der Waals surface area contributed by atoms with Gasteiger partial charge in [0.2, 0.25) is 0 Å². The van der Waals surface area contributed by atoms with Gasteiger partial charge in [0.05, 0.1) is 12.6 Å². The minimum absolute atomic E-state index is 0.156. The van der Waals surface area contributed by atoms with Gasteiger partial charge in [0.1, 0.15) is 0 Å². The molecule has 1 aromatic carbocycles. The smallest absolute Gasteiger partial charge is 0.191 e. The average molecular weight is 369 g/mol. The number of hydrogen-bond acceptors (Lipinski definition) is 2. The van der Waals surface area contributed by atoms with Gasteiger partial charge in [-0.15, -0.1) is 0 Å².